The summed E-state index contributed by atoms with van der Waals surface area (Å²) in [6.07, 6.45) is 2.81. The summed E-state index contributed by atoms with van der Waals surface area (Å²) < 4.78 is 5.37. The van der Waals surface area contributed by atoms with Crippen LogP contribution in [-0.2, 0) is 4.74 Å². The van der Waals surface area contributed by atoms with E-state index < -0.39 is 0 Å². The maximum absolute atomic E-state index is 5.37. The molecule has 0 spiro atoms. The molecule has 1 saturated heterocycles. The van der Waals surface area contributed by atoms with Gasteiger partial charge in [-0.25, -0.2) is 0 Å². The molecule has 1 aliphatic carbocycles. The zero-order valence-corrected chi connectivity index (χ0v) is 8.47. The molecule has 1 aliphatic heterocycles. The normalized spacial score (nSPS) is 39.8. The quantitative estimate of drug-likeness (QED) is 0.616. The van der Waals surface area contributed by atoms with Crippen LogP contribution >= 0.6 is 0 Å². The van der Waals surface area contributed by atoms with Crippen molar-refractivity contribution < 1.29 is 4.74 Å². The smallest absolute Gasteiger partial charge is 0.0500 e. The van der Waals surface area contributed by atoms with Gasteiger partial charge in [0.15, 0.2) is 0 Å². The third-order valence-corrected chi connectivity index (χ3v) is 3.36. The van der Waals surface area contributed by atoms with Crippen LogP contribution in [0.3, 0.4) is 0 Å². The summed E-state index contributed by atoms with van der Waals surface area (Å²) >= 11 is 0. The van der Waals surface area contributed by atoms with Gasteiger partial charge in [0, 0.05) is 0 Å². The SMILES string of the molecule is CC(C)(C)CCC1C2COCC12. The third kappa shape index (κ3) is 1.66. The van der Waals surface area contributed by atoms with Crippen LogP contribution in [0.2, 0.25) is 0 Å². The Balaban J connectivity index is 1.70. The van der Waals surface area contributed by atoms with Crippen molar-refractivity contribution >= 4 is 0 Å². The van der Waals surface area contributed by atoms with Gasteiger partial charge in [0.05, 0.1) is 13.2 Å². The van der Waals surface area contributed by atoms with Crippen LogP contribution in [0.25, 0.3) is 0 Å². The molecule has 1 saturated carbocycles. The largest absolute Gasteiger partial charge is 0.381 e. The molecule has 70 valence electrons. The predicted octanol–water partition coefficient (Wildman–Crippen LogP) is 2.71. The number of rotatable bonds is 2. The van der Waals surface area contributed by atoms with E-state index in [2.05, 4.69) is 20.8 Å². The molecule has 0 radical (unpaired) electrons. The molecule has 2 aliphatic rings. The van der Waals surface area contributed by atoms with E-state index in [1.54, 1.807) is 0 Å². The van der Waals surface area contributed by atoms with E-state index in [0.29, 0.717) is 5.41 Å². The fourth-order valence-corrected chi connectivity index (χ4v) is 2.39. The van der Waals surface area contributed by atoms with Gasteiger partial charge in [0.25, 0.3) is 0 Å². The van der Waals surface area contributed by atoms with Crippen molar-refractivity contribution in [1.82, 2.24) is 0 Å². The zero-order chi connectivity index (χ0) is 8.77. The van der Waals surface area contributed by atoms with Crippen molar-refractivity contribution in [2.75, 3.05) is 13.2 Å². The van der Waals surface area contributed by atoms with Crippen molar-refractivity contribution in [3.63, 3.8) is 0 Å². The summed E-state index contributed by atoms with van der Waals surface area (Å²) in [5, 5.41) is 0. The second-order valence-corrected chi connectivity index (χ2v) is 5.63. The summed E-state index contributed by atoms with van der Waals surface area (Å²) in [5.41, 5.74) is 0.526. The second kappa shape index (κ2) is 2.73. The van der Waals surface area contributed by atoms with E-state index in [0.717, 1.165) is 31.0 Å². The Hall–Kier alpha value is -0.0400. The summed E-state index contributed by atoms with van der Waals surface area (Å²) in [5.74, 6) is 2.93. The molecule has 0 bridgehead atoms. The van der Waals surface area contributed by atoms with Gasteiger partial charge in [0.1, 0.15) is 0 Å². The first-order valence-electron chi connectivity index (χ1n) is 5.16. The first-order chi connectivity index (χ1) is 5.58. The molecular formula is C11H20O. The lowest BCUT2D eigenvalue weighted by Crippen LogP contribution is -2.07. The molecule has 2 unspecified atom stereocenters. The summed E-state index contributed by atoms with van der Waals surface area (Å²) in [6, 6.07) is 0. The lowest BCUT2D eigenvalue weighted by atomic mass is 9.89. The van der Waals surface area contributed by atoms with Gasteiger partial charge in [0.2, 0.25) is 0 Å². The Labute approximate surface area is 75.5 Å². The van der Waals surface area contributed by atoms with Crippen LogP contribution in [0.5, 0.6) is 0 Å². The molecule has 1 nitrogen and oxygen atoms in total. The minimum absolute atomic E-state index is 0.526. The summed E-state index contributed by atoms with van der Waals surface area (Å²) in [7, 11) is 0. The third-order valence-electron chi connectivity index (χ3n) is 3.36. The molecule has 0 aromatic heterocycles. The molecule has 1 heteroatoms. The summed E-state index contributed by atoms with van der Waals surface area (Å²) in [4.78, 5) is 0. The average Bonchev–Trinajstić information content (AvgIpc) is 2.41. The van der Waals surface area contributed by atoms with E-state index in [4.69, 9.17) is 4.74 Å². The minimum Gasteiger partial charge on any atom is -0.381 e. The maximum Gasteiger partial charge on any atom is 0.0500 e. The molecule has 0 aromatic rings. The molecular weight excluding hydrogens is 148 g/mol. The van der Waals surface area contributed by atoms with E-state index >= 15 is 0 Å². The fourth-order valence-electron chi connectivity index (χ4n) is 2.39. The first kappa shape index (κ1) is 8.55. The highest BCUT2D eigenvalue weighted by atomic mass is 16.5. The molecule has 2 rings (SSSR count). The van der Waals surface area contributed by atoms with Crippen LogP contribution < -0.4 is 0 Å². The average molecular weight is 168 g/mol. The van der Waals surface area contributed by atoms with E-state index in [1.165, 1.54) is 12.8 Å². The fraction of sp³-hybridized carbons (Fsp3) is 1.00. The van der Waals surface area contributed by atoms with Crippen molar-refractivity contribution in [3.8, 4) is 0 Å². The molecule has 12 heavy (non-hydrogen) atoms. The zero-order valence-electron chi connectivity index (χ0n) is 8.47. The van der Waals surface area contributed by atoms with E-state index in [1.807, 2.05) is 0 Å². The highest BCUT2D eigenvalue weighted by molar-refractivity contribution is 5.00. The van der Waals surface area contributed by atoms with Gasteiger partial charge in [-0.1, -0.05) is 20.8 Å². The van der Waals surface area contributed by atoms with Crippen LogP contribution in [0.4, 0.5) is 0 Å². The van der Waals surface area contributed by atoms with Crippen molar-refractivity contribution in [2.45, 2.75) is 33.6 Å². The lowest BCUT2D eigenvalue weighted by molar-refractivity contribution is 0.146. The molecule has 0 aromatic carbocycles. The Bertz CT molecular complexity index is 158. The van der Waals surface area contributed by atoms with Gasteiger partial charge in [-0.15, -0.1) is 0 Å². The van der Waals surface area contributed by atoms with Crippen molar-refractivity contribution in [2.24, 2.45) is 23.2 Å². The van der Waals surface area contributed by atoms with Gasteiger partial charge in [-0.05, 0) is 36.0 Å². The molecule has 1 heterocycles. The van der Waals surface area contributed by atoms with Gasteiger partial charge in [-0.2, -0.15) is 0 Å². The molecule has 0 N–H and O–H groups in total. The van der Waals surface area contributed by atoms with Crippen LogP contribution in [0.1, 0.15) is 33.6 Å². The van der Waals surface area contributed by atoms with Crippen molar-refractivity contribution in [3.05, 3.63) is 0 Å². The van der Waals surface area contributed by atoms with Gasteiger partial charge < -0.3 is 4.74 Å². The molecule has 0 amide bonds. The van der Waals surface area contributed by atoms with Crippen LogP contribution in [0, 0.1) is 23.2 Å². The molecule has 2 atom stereocenters. The predicted molar refractivity (Wildman–Crippen MR) is 50.0 cm³/mol. The lowest BCUT2D eigenvalue weighted by Gasteiger charge is -2.18. The number of hydrogen-bond donors (Lipinski definition) is 0. The summed E-state index contributed by atoms with van der Waals surface area (Å²) in [6.45, 7) is 9.12. The highest BCUT2D eigenvalue weighted by Gasteiger charge is 2.53. The van der Waals surface area contributed by atoms with Crippen molar-refractivity contribution in [1.29, 1.82) is 0 Å². The van der Waals surface area contributed by atoms with Gasteiger partial charge in [-0.3, -0.25) is 0 Å². The highest BCUT2D eigenvalue weighted by Crippen LogP contribution is 2.53. The molecule has 2 fully saturated rings. The topological polar surface area (TPSA) is 9.23 Å². The second-order valence-electron chi connectivity index (χ2n) is 5.63. The minimum atomic E-state index is 0.526. The monoisotopic (exact) mass is 168 g/mol. The maximum atomic E-state index is 5.37. The Morgan fingerprint density at radius 3 is 2.25 bits per heavy atom. The first-order valence-corrected chi connectivity index (χ1v) is 5.16. The Morgan fingerprint density at radius 1 is 1.17 bits per heavy atom. The van der Waals surface area contributed by atoms with Crippen LogP contribution in [0.15, 0.2) is 0 Å². The Morgan fingerprint density at radius 2 is 1.75 bits per heavy atom. The van der Waals surface area contributed by atoms with E-state index in [9.17, 15) is 0 Å². The van der Waals surface area contributed by atoms with E-state index in [-0.39, 0.29) is 0 Å². The van der Waals surface area contributed by atoms with Crippen LogP contribution in [-0.4, -0.2) is 13.2 Å². The standard InChI is InChI=1S/C11H20O/c1-11(2,3)5-4-8-9-6-12-7-10(8)9/h8-10H,4-7H2,1-3H3. The number of fused-ring (bicyclic) bond motifs is 1. The number of hydrogen-bond acceptors (Lipinski definition) is 1. The number of ether oxygens (including phenoxy) is 1. The Kier molecular flexibility index (Phi) is 1.95. The van der Waals surface area contributed by atoms with Gasteiger partial charge >= 0.3 is 0 Å².